The predicted molar refractivity (Wildman–Crippen MR) is 131 cm³/mol. The Hall–Kier alpha value is -3.41. The third kappa shape index (κ3) is 6.23. The van der Waals surface area contributed by atoms with Crippen LogP contribution in [0.1, 0.15) is 6.42 Å². The number of carbonyl (C=O) groups excluding carboxylic acids is 2. The number of ether oxygens (including phenoxy) is 2. The molecule has 2 heterocycles. The van der Waals surface area contributed by atoms with Gasteiger partial charge in [-0.05, 0) is 36.4 Å². The van der Waals surface area contributed by atoms with E-state index in [9.17, 15) is 24.2 Å². The minimum absolute atomic E-state index is 0.0466. The lowest BCUT2D eigenvalue weighted by Crippen LogP contribution is -2.49. The predicted octanol–water partition coefficient (Wildman–Crippen LogP) is 1.18. The van der Waals surface area contributed by atoms with E-state index in [1.54, 1.807) is 41.3 Å². The highest BCUT2D eigenvalue weighted by Crippen LogP contribution is 2.25. The summed E-state index contributed by atoms with van der Waals surface area (Å²) in [5.74, 6) is 0.111. The number of carbonyl (C=O) groups is 2. The summed E-state index contributed by atoms with van der Waals surface area (Å²) in [6.07, 6.45) is -4.31. The Balaban J connectivity index is 1.22. The van der Waals surface area contributed by atoms with Crippen molar-refractivity contribution in [1.29, 1.82) is 0 Å². The van der Waals surface area contributed by atoms with Gasteiger partial charge in [0.05, 0.1) is 19.6 Å². The number of hydrogen-bond donors (Lipinski definition) is 4. The summed E-state index contributed by atoms with van der Waals surface area (Å²) in [5, 5.41) is 26.1. The number of benzene rings is 2. The summed E-state index contributed by atoms with van der Waals surface area (Å²) in [7, 11) is 1.53. The Morgan fingerprint density at radius 2 is 1.75 bits per heavy atom. The highest BCUT2D eigenvalue weighted by Gasteiger charge is 2.44. The first kappa shape index (κ1) is 25.7. The largest absolute Gasteiger partial charge is 0.497 e. The second-order valence-electron chi connectivity index (χ2n) is 8.81. The van der Waals surface area contributed by atoms with Crippen molar-refractivity contribution in [2.45, 2.75) is 30.8 Å². The van der Waals surface area contributed by atoms with E-state index < -0.39 is 30.4 Å². The van der Waals surface area contributed by atoms with Crippen LogP contribution in [0.5, 0.6) is 5.75 Å². The molecule has 2 fully saturated rings. The maximum Gasteiger partial charge on any atom is 0.319 e. The monoisotopic (exact) mass is 502 g/mol. The molecule has 2 aromatic carbocycles. The van der Waals surface area contributed by atoms with Crippen molar-refractivity contribution in [3.8, 4) is 5.75 Å². The van der Waals surface area contributed by atoms with E-state index in [4.69, 9.17) is 9.47 Å². The van der Waals surface area contributed by atoms with E-state index in [1.165, 1.54) is 19.2 Å². The summed E-state index contributed by atoms with van der Waals surface area (Å²) in [6.45, 7) is 2.12. The lowest BCUT2D eigenvalue weighted by atomic mass is 10.0. The fraction of sp³-hybridized carbons (Fsp3) is 0.440. The molecule has 11 heteroatoms. The van der Waals surface area contributed by atoms with Crippen molar-refractivity contribution in [2.75, 3.05) is 50.1 Å². The zero-order valence-electron chi connectivity index (χ0n) is 20.0. The quantitative estimate of drug-likeness (QED) is 0.448. The van der Waals surface area contributed by atoms with Gasteiger partial charge in [0.2, 0.25) is 5.91 Å². The number of halogens is 1. The molecule has 10 nitrogen and oxygen atoms in total. The highest BCUT2D eigenvalue weighted by atomic mass is 19.1. The molecule has 2 aliphatic rings. The molecule has 0 aliphatic carbocycles. The maximum atomic E-state index is 13.2. The zero-order chi connectivity index (χ0) is 25.7. The number of amides is 3. The molecule has 2 aromatic rings. The van der Waals surface area contributed by atoms with Crippen LogP contribution in [-0.2, 0) is 9.53 Å². The van der Waals surface area contributed by atoms with Gasteiger partial charge in [0.25, 0.3) is 0 Å². The van der Waals surface area contributed by atoms with Crippen LogP contribution in [-0.4, -0.2) is 91.3 Å². The number of piperazine rings is 1. The molecule has 0 radical (unpaired) electrons. The van der Waals surface area contributed by atoms with Crippen molar-refractivity contribution in [2.24, 2.45) is 0 Å². The molecule has 4 atom stereocenters. The zero-order valence-corrected chi connectivity index (χ0v) is 20.0. The average Bonchev–Trinajstić information content (AvgIpc) is 3.16. The van der Waals surface area contributed by atoms with Gasteiger partial charge in [0.1, 0.15) is 29.9 Å². The van der Waals surface area contributed by atoms with Crippen molar-refractivity contribution in [3.63, 3.8) is 0 Å². The van der Waals surface area contributed by atoms with Gasteiger partial charge in [-0.3, -0.25) is 4.79 Å². The molecule has 4 N–H and O–H groups in total. The number of nitrogens with zero attached hydrogens (tertiary/aromatic N) is 2. The van der Waals surface area contributed by atoms with Crippen LogP contribution >= 0.6 is 0 Å². The number of aliphatic hydroxyl groups is 2. The molecule has 36 heavy (non-hydrogen) atoms. The van der Waals surface area contributed by atoms with Gasteiger partial charge >= 0.3 is 6.03 Å². The third-order valence-electron chi connectivity index (χ3n) is 6.45. The Morgan fingerprint density at radius 3 is 2.44 bits per heavy atom. The van der Waals surface area contributed by atoms with Crippen LogP contribution in [0.4, 0.5) is 20.6 Å². The van der Waals surface area contributed by atoms with E-state index in [0.717, 1.165) is 5.69 Å². The molecule has 0 spiro atoms. The topological polar surface area (TPSA) is 124 Å². The molecule has 0 aromatic heterocycles. The van der Waals surface area contributed by atoms with Gasteiger partial charge in [-0.2, -0.15) is 0 Å². The summed E-state index contributed by atoms with van der Waals surface area (Å²) in [6, 6.07) is 12.6. The van der Waals surface area contributed by atoms with E-state index in [0.29, 0.717) is 37.6 Å². The molecule has 3 amide bonds. The number of rotatable bonds is 7. The molecule has 0 unspecified atom stereocenters. The SMILES string of the molecule is COc1cccc(NC(=O)NC[C@@H]2O[C@@H](CC(=O)N3CCN(c4ccc(F)cc4)CC3)[C@H](O)[C@@H]2O)c1. The minimum atomic E-state index is -1.25. The second-order valence-corrected chi connectivity index (χ2v) is 8.81. The molecule has 0 bridgehead atoms. The minimum Gasteiger partial charge on any atom is -0.497 e. The first-order valence-electron chi connectivity index (χ1n) is 11.8. The van der Waals surface area contributed by atoms with Crippen LogP contribution in [0.2, 0.25) is 0 Å². The molecular formula is C25H31FN4O6. The van der Waals surface area contributed by atoms with Gasteiger partial charge in [-0.25, -0.2) is 9.18 Å². The van der Waals surface area contributed by atoms with Crippen molar-refractivity contribution < 1.29 is 33.7 Å². The molecule has 2 saturated heterocycles. The van der Waals surface area contributed by atoms with Crippen molar-refractivity contribution in [1.82, 2.24) is 10.2 Å². The number of aliphatic hydroxyl groups excluding tert-OH is 2. The van der Waals surface area contributed by atoms with E-state index in [-0.39, 0.29) is 24.7 Å². The summed E-state index contributed by atoms with van der Waals surface area (Å²) >= 11 is 0. The number of methoxy groups -OCH3 is 1. The van der Waals surface area contributed by atoms with E-state index >= 15 is 0 Å². The Labute approximate surface area is 208 Å². The van der Waals surface area contributed by atoms with E-state index in [2.05, 4.69) is 15.5 Å². The first-order chi connectivity index (χ1) is 17.3. The Kier molecular flexibility index (Phi) is 8.24. The number of anilines is 2. The van der Waals surface area contributed by atoms with Crippen LogP contribution in [0.15, 0.2) is 48.5 Å². The first-order valence-corrected chi connectivity index (χ1v) is 11.8. The normalized spacial score (nSPS) is 23.9. The number of urea groups is 1. The van der Waals surface area contributed by atoms with Crippen LogP contribution in [0, 0.1) is 5.82 Å². The standard InChI is InChI=1S/C25H31FN4O6/c1-35-19-4-2-3-17(13-19)28-25(34)27-15-21-24(33)23(32)20(36-21)14-22(31)30-11-9-29(10-12-30)18-7-5-16(26)6-8-18/h2-8,13,20-21,23-24,32-33H,9-12,14-15H2,1H3,(H2,27,28,34)/t20-,21-,23-,24+/m0/s1. The highest BCUT2D eigenvalue weighted by molar-refractivity contribution is 5.89. The van der Waals surface area contributed by atoms with Crippen LogP contribution in [0.25, 0.3) is 0 Å². The lowest BCUT2D eigenvalue weighted by Gasteiger charge is -2.36. The fourth-order valence-electron chi connectivity index (χ4n) is 4.40. The third-order valence-corrected chi connectivity index (χ3v) is 6.45. The van der Waals surface area contributed by atoms with Crippen LogP contribution in [0.3, 0.4) is 0 Å². The van der Waals surface area contributed by atoms with Gasteiger partial charge in [-0.15, -0.1) is 0 Å². The van der Waals surface area contributed by atoms with Gasteiger partial charge in [-0.1, -0.05) is 6.07 Å². The van der Waals surface area contributed by atoms with Crippen LogP contribution < -0.4 is 20.3 Å². The van der Waals surface area contributed by atoms with Gasteiger partial charge in [0.15, 0.2) is 0 Å². The molecular weight excluding hydrogens is 471 g/mol. The number of nitrogens with one attached hydrogen (secondary N) is 2. The lowest BCUT2D eigenvalue weighted by molar-refractivity contribution is -0.135. The van der Waals surface area contributed by atoms with Crippen molar-refractivity contribution in [3.05, 3.63) is 54.3 Å². The summed E-state index contributed by atoms with van der Waals surface area (Å²) in [5.41, 5.74) is 1.43. The van der Waals surface area contributed by atoms with Crippen molar-refractivity contribution >= 4 is 23.3 Å². The smallest absolute Gasteiger partial charge is 0.319 e. The van der Waals surface area contributed by atoms with Gasteiger partial charge in [0, 0.05) is 50.2 Å². The average molecular weight is 503 g/mol. The van der Waals surface area contributed by atoms with Gasteiger partial charge < -0.3 is 40.1 Å². The molecule has 2 aliphatic heterocycles. The molecule has 4 rings (SSSR count). The summed E-state index contributed by atoms with van der Waals surface area (Å²) < 4.78 is 24.0. The Bertz CT molecular complexity index is 1050. The number of hydrogen-bond acceptors (Lipinski definition) is 7. The molecule has 194 valence electrons. The maximum absolute atomic E-state index is 13.2. The molecule has 0 saturated carbocycles. The second kappa shape index (κ2) is 11.5. The Morgan fingerprint density at radius 1 is 1.06 bits per heavy atom. The summed E-state index contributed by atoms with van der Waals surface area (Å²) in [4.78, 5) is 28.8. The fourth-order valence-corrected chi connectivity index (χ4v) is 4.40. The van der Waals surface area contributed by atoms with E-state index in [1.807, 2.05) is 0 Å².